The van der Waals surface area contributed by atoms with Gasteiger partial charge in [0.1, 0.15) is 18.2 Å². The molecular formula is C15H14ClFO2. The molecular weight excluding hydrogens is 267 g/mol. The molecule has 0 aliphatic heterocycles. The van der Waals surface area contributed by atoms with Crippen LogP contribution in [-0.4, -0.2) is 5.11 Å². The molecule has 2 aromatic carbocycles. The monoisotopic (exact) mass is 280 g/mol. The van der Waals surface area contributed by atoms with Crippen molar-refractivity contribution in [3.05, 3.63) is 64.4 Å². The van der Waals surface area contributed by atoms with Gasteiger partial charge < -0.3 is 9.84 Å². The van der Waals surface area contributed by atoms with Gasteiger partial charge in [0.15, 0.2) is 0 Å². The number of benzene rings is 2. The summed E-state index contributed by atoms with van der Waals surface area (Å²) in [5.74, 6) is 0.215. The molecule has 0 bridgehead atoms. The molecule has 0 saturated heterocycles. The first-order valence-corrected chi connectivity index (χ1v) is 6.29. The lowest BCUT2D eigenvalue weighted by Gasteiger charge is -2.11. The smallest absolute Gasteiger partial charge is 0.138 e. The summed E-state index contributed by atoms with van der Waals surface area (Å²) in [4.78, 5) is 0. The molecule has 0 aliphatic carbocycles. The van der Waals surface area contributed by atoms with Gasteiger partial charge in [-0.1, -0.05) is 29.8 Å². The molecule has 0 spiro atoms. The van der Waals surface area contributed by atoms with Gasteiger partial charge in [0.05, 0.1) is 11.1 Å². The Bertz CT molecular complexity index is 570. The molecule has 4 heteroatoms. The van der Waals surface area contributed by atoms with Gasteiger partial charge in [0, 0.05) is 0 Å². The van der Waals surface area contributed by atoms with E-state index in [0.717, 1.165) is 11.1 Å². The molecule has 1 atom stereocenters. The molecule has 0 radical (unpaired) electrons. The van der Waals surface area contributed by atoms with Crippen molar-refractivity contribution in [3.63, 3.8) is 0 Å². The molecule has 0 aromatic heterocycles. The normalized spacial score (nSPS) is 12.2. The number of hydrogen-bond donors (Lipinski definition) is 1. The van der Waals surface area contributed by atoms with Crippen LogP contribution >= 0.6 is 11.6 Å². The van der Waals surface area contributed by atoms with Crippen molar-refractivity contribution in [2.24, 2.45) is 0 Å². The van der Waals surface area contributed by atoms with Gasteiger partial charge in [-0.3, -0.25) is 0 Å². The predicted octanol–water partition coefficient (Wildman–Crippen LogP) is 4.11. The van der Waals surface area contributed by atoms with Crippen LogP contribution in [0.25, 0.3) is 0 Å². The Morgan fingerprint density at radius 3 is 2.68 bits per heavy atom. The van der Waals surface area contributed by atoms with Crippen LogP contribution in [0.15, 0.2) is 42.5 Å². The van der Waals surface area contributed by atoms with Crippen LogP contribution in [0.1, 0.15) is 24.2 Å². The van der Waals surface area contributed by atoms with Gasteiger partial charge in [-0.05, 0) is 42.3 Å². The van der Waals surface area contributed by atoms with Crippen molar-refractivity contribution in [1.82, 2.24) is 0 Å². The average molecular weight is 281 g/mol. The van der Waals surface area contributed by atoms with E-state index in [1.807, 2.05) is 0 Å². The molecule has 2 nitrogen and oxygen atoms in total. The second-order valence-corrected chi connectivity index (χ2v) is 4.69. The van der Waals surface area contributed by atoms with Crippen LogP contribution in [0.4, 0.5) is 4.39 Å². The maximum Gasteiger partial charge on any atom is 0.138 e. The predicted molar refractivity (Wildman–Crippen MR) is 72.8 cm³/mol. The summed E-state index contributed by atoms with van der Waals surface area (Å²) in [5.41, 5.74) is 1.46. The number of halogens is 2. The summed E-state index contributed by atoms with van der Waals surface area (Å²) in [6.45, 7) is 1.91. The van der Waals surface area contributed by atoms with E-state index in [4.69, 9.17) is 16.3 Å². The first kappa shape index (κ1) is 13.8. The Hall–Kier alpha value is -1.58. The molecule has 1 N–H and O–H groups in total. The van der Waals surface area contributed by atoms with Crippen molar-refractivity contribution < 1.29 is 14.2 Å². The van der Waals surface area contributed by atoms with E-state index in [1.165, 1.54) is 12.1 Å². The van der Waals surface area contributed by atoms with Gasteiger partial charge in [0.25, 0.3) is 0 Å². The number of hydrogen-bond acceptors (Lipinski definition) is 2. The third-order valence-electron chi connectivity index (χ3n) is 2.72. The minimum Gasteiger partial charge on any atom is -0.487 e. The third kappa shape index (κ3) is 3.69. The van der Waals surface area contributed by atoms with E-state index < -0.39 is 6.10 Å². The zero-order valence-corrected chi connectivity index (χ0v) is 11.2. The van der Waals surface area contributed by atoms with E-state index in [9.17, 15) is 9.50 Å². The van der Waals surface area contributed by atoms with Crippen molar-refractivity contribution in [1.29, 1.82) is 0 Å². The minimum atomic E-state index is -0.574. The van der Waals surface area contributed by atoms with Crippen LogP contribution < -0.4 is 4.74 Å². The van der Waals surface area contributed by atoms with Gasteiger partial charge in [-0.25, -0.2) is 4.39 Å². The van der Waals surface area contributed by atoms with E-state index in [0.29, 0.717) is 10.8 Å². The molecule has 2 aromatic rings. The first-order chi connectivity index (χ1) is 9.06. The van der Waals surface area contributed by atoms with Gasteiger partial charge >= 0.3 is 0 Å². The average Bonchev–Trinajstić information content (AvgIpc) is 2.37. The lowest BCUT2D eigenvalue weighted by atomic mass is 10.1. The van der Waals surface area contributed by atoms with Crippen LogP contribution in [0, 0.1) is 5.82 Å². The number of aliphatic hydroxyl groups excluding tert-OH is 1. The molecule has 0 amide bonds. The maximum absolute atomic E-state index is 13.0. The number of ether oxygens (including phenoxy) is 1. The van der Waals surface area contributed by atoms with Gasteiger partial charge in [-0.15, -0.1) is 0 Å². The highest BCUT2D eigenvalue weighted by atomic mass is 35.5. The Kier molecular flexibility index (Phi) is 4.40. The molecule has 0 aliphatic rings. The molecule has 100 valence electrons. The topological polar surface area (TPSA) is 29.5 Å². The minimum absolute atomic E-state index is 0.242. The fourth-order valence-corrected chi connectivity index (χ4v) is 1.93. The molecule has 0 saturated carbocycles. The lowest BCUT2D eigenvalue weighted by Crippen LogP contribution is -1.98. The Labute approximate surface area is 116 Å². The SMILES string of the molecule is C[C@H](O)c1ccc(OCc2cccc(F)c2)c(Cl)c1. The molecule has 2 rings (SSSR count). The summed E-state index contributed by atoms with van der Waals surface area (Å²) in [5, 5.41) is 9.86. The number of rotatable bonds is 4. The standard InChI is InChI=1S/C15H14ClFO2/c1-10(18)12-5-6-15(14(16)8-12)19-9-11-3-2-4-13(17)7-11/h2-8,10,18H,9H2,1H3/t10-/m0/s1. The van der Waals surface area contributed by atoms with E-state index in [1.54, 1.807) is 37.3 Å². The van der Waals surface area contributed by atoms with E-state index in [2.05, 4.69) is 0 Å². The third-order valence-corrected chi connectivity index (χ3v) is 3.02. The van der Waals surface area contributed by atoms with E-state index in [-0.39, 0.29) is 12.4 Å². The van der Waals surface area contributed by atoms with Crippen LogP contribution in [0.3, 0.4) is 0 Å². The molecule has 0 unspecified atom stereocenters. The zero-order valence-electron chi connectivity index (χ0n) is 10.4. The lowest BCUT2D eigenvalue weighted by molar-refractivity contribution is 0.199. The Morgan fingerprint density at radius 2 is 2.05 bits per heavy atom. The Morgan fingerprint density at radius 1 is 1.26 bits per heavy atom. The summed E-state index contributed by atoms with van der Waals surface area (Å²) in [6.07, 6.45) is -0.574. The van der Waals surface area contributed by atoms with Crippen molar-refractivity contribution in [3.8, 4) is 5.75 Å². The summed E-state index contributed by atoms with van der Waals surface area (Å²) >= 11 is 6.06. The maximum atomic E-state index is 13.0. The fraction of sp³-hybridized carbons (Fsp3) is 0.200. The largest absolute Gasteiger partial charge is 0.487 e. The molecule has 19 heavy (non-hydrogen) atoms. The zero-order chi connectivity index (χ0) is 13.8. The van der Waals surface area contributed by atoms with Crippen molar-refractivity contribution >= 4 is 11.6 Å². The van der Waals surface area contributed by atoms with Crippen LogP contribution in [-0.2, 0) is 6.61 Å². The second-order valence-electron chi connectivity index (χ2n) is 4.28. The number of aliphatic hydroxyl groups is 1. The Balaban J connectivity index is 2.07. The highest BCUT2D eigenvalue weighted by molar-refractivity contribution is 6.32. The highest BCUT2D eigenvalue weighted by Gasteiger charge is 2.07. The van der Waals surface area contributed by atoms with Crippen molar-refractivity contribution in [2.45, 2.75) is 19.6 Å². The van der Waals surface area contributed by atoms with Crippen LogP contribution in [0.2, 0.25) is 5.02 Å². The summed E-state index contributed by atoms with van der Waals surface area (Å²) in [6, 6.07) is 11.3. The van der Waals surface area contributed by atoms with Crippen LogP contribution in [0.5, 0.6) is 5.75 Å². The summed E-state index contributed by atoms with van der Waals surface area (Å²) in [7, 11) is 0. The fourth-order valence-electron chi connectivity index (χ4n) is 1.68. The van der Waals surface area contributed by atoms with Gasteiger partial charge in [-0.2, -0.15) is 0 Å². The second kappa shape index (κ2) is 6.04. The molecule has 0 fully saturated rings. The quantitative estimate of drug-likeness (QED) is 0.913. The van der Waals surface area contributed by atoms with Crippen molar-refractivity contribution in [2.75, 3.05) is 0 Å². The molecule has 0 heterocycles. The highest BCUT2D eigenvalue weighted by Crippen LogP contribution is 2.28. The first-order valence-electron chi connectivity index (χ1n) is 5.91. The van der Waals surface area contributed by atoms with Gasteiger partial charge in [0.2, 0.25) is 0 Å². The summed E-state index contributed by atoms with van der Waals surface area (Å²) < 4.78 is 18.5. The van der Waals surface area contributed by atoms with E-state index >= 15 is 0 Å².